The van der Waals surface area contributed by atoms with E-state index in [1.807, 2.05) is 20.1 Å². The molecule has 1 aromatic carbocycles. The van der Waals surface area contributed by atoms with Gasteiger partial charge in [0.05, 0.1) is 0 Å². The van der Waals surface area contributed by atoms with Gasteiger partial charge >= 0.3 is 91.6 Å². The van der Waals surface area contributed by atoms with Gasteiger partial charge in [0.2, 0.25) is 0 Å². The van der Waals surface area contributed by atoms with Crippen LogP contribution >= 0.6 is 34.8 Å². The van der Waals surface area contributed by atoms with E-state index in [0.717, 1.165) is 5.69 Å². The first kappa shape index (κ1) is 9.66. The third kappa shape index (κ3) is 2.26. The van der Waals surface area contributed by atoms with E-state index in [1.165, 1.54) is 0 Å². The van der Waals surface area contributed by atoms with Crippen LogP contribution in [0.25, 0.3) is 0 Å². The number of benzene rings is 1. The average molecular weight is 391 g/mol. The minimum atomic E-state index is 0.465. The quantitative estimate of drug-likeness (QED) is 0.724. The first-order chi connectivity index (χ1) is 5.15. The molecule has 0 amide bonds. The van der Waals surface area contributed by atoms with Crippen LogP contribution in [0.3, 0.4) is 0 Å². The summed E-state index contributed by atoms with van der Waals surface area (Å²) in [6, 6.07) is 3.28. The van der Waals surface area contributed by atoms with E-state index in [0.29, 0.717) is 15.1 Å². The van der Waals surface area contributed by atoms with Crippen LogP contribution in [0.5, 0.6) is 0 Å². The van der Waals surface area contributed by atoms with E-state index in [1.54, 1.807) is 12.1 Å². The van der Waals surface area contributed by atoms with Crippen LogP contribution in [0, 0.1) is 0 Å². The normalized spacial score (nSPS) is 9.91. The third-order valence-corrected chi connectivity index (χ3v) is 2.74. The van der Waals surface area contributed by atoms with Crippen LogP contribution in [-0.2, 0) is 20.1 Å². The first-order valence-corrected chi connectivity index (χ1v) is 4.90. The van der Waals surface area contributed by atoms with Gasteiger partial charge in [-0.05, 0) is 0 Å². The number of hydrogen-bond donors (Lipinski definition) is 1. The van der Waals surface area contributed by atoms with Crippen molar-refractivity contribution in [1.82, 2.24) is 0 Å². The summed E-state index contributed by atoms with van der Waals surface area (Å²) in [4.78, 5) is 0. The molecular weight excluding hydrogens is 388 g/mol. The standard InChI is InChI=1S/C6H3Cl3N.Pt/c7-3-1-5(9)6(10)2-4(3)8;/h1-2,10H;/q-1;+1. The molecule has 0 aliphatic rings. The maximum absolute atomic E-state index is 5.79. The van der Waals surface area contributed by atoms with Crippen molar-refractivity contribution in [3.8, 4) is 0 Å². The van der Waals surface area contributed by atoms with Gasteiger partial charge in [0, 0.05) is 0 Å². The molecule has 0 saturated heterocycles. The average Bonchev–Trinajstić information content (AvgIpc) is 1.97. The van der Waals surface area contributed by atoms with Crippen LogP contribution < -0.4 is 3.88 Å². The van der Waals surface area contributed by atoms with Crippen molar-refractivity contribution in [3.63, 3.8) is 0 Å². The summed E-state index contributed by atoms with van der Waals surface area (Å²) < 4.78 is 2.86. The summed E-state index contributed by atoms with van der Waals surface area (Å²) in [5, 5.41) is 1.53. The summed E-state index contributed by atoms with van der Waals surface area (Å²) in [6.07, 6.45) is 0. The van der Waals surface area contributed by atoms with Crippen molar-refractivity contribution in [1.29, 1.82) is 0 Å². The van der Waals surface area contributed by atoms with Crippen LogP contribution in [-0.4, -0.2) is 0 Å². The van der Waals surface area contributed by atoms with E-state index in [4.69, 9.17) is 34.8 Å². The van der Waals surface area contributed by atoms with Gasteiger partial charge in [-0.25, -0.2) is 0 Å². The number of hydrogen-bond acceptors (Lipinski definition) is 1. The summed E-state index contributed by atoms with van der Waals surface area (Å²) >= 11 is 19.2. The van der Waals surface area contributed by atoms with Crippen LogP contribution in [0.4, 0.5) is 5.69 Å². The molecule has 0 radical (unpaired) electrons. The van der Waals surface area contributed by atoms with E-state index in [9.17, 15) is 0 Å². The monoisotopic (exact) mass is 389 g/mol. The molecule has 0 heterocycles. The minimum absolute atomic E-state index is 0.465. The molecule has 0 atom stereocenters. The number of rotatable bonds is 1. The van der Waals surface area contributed by atoms with Gasteiger partial charge in [-0.2, -0.15) is 0 Å². The van der Waals surface area contributed by atoms with Gasteiger partial charge in [0.25, 0.3) is 0 Å². The molecule has 5 heteroatoms. The fraction of sp³-hybridized carbons (Fsp3) is 0. The number of nitrogens with one attached hydrogen (secondary N) is 1. The van der Waals surface area contributed by atoms with Gasteiger partial charge in [-0.3, -0.25) is 0 Å². The molecular formula is C6H3Cl3NPt. The SMILES string of the molecule is Clc1cc(Cl)c([NH][Pt])cc1Cl. The van der Waals surface area contributed by atoms with Crippen LogP contribution in [0.2, 0.25) is 15.1 Å². The molecule has 63 valence electrons. The zero-order valence-corrected chi connectivity index (χ0v) is 9.64. The van der Waals surface area contributed by atoms with E-state index in [2.05, 4.69) is 3.88 Å². The van der Waals surface area contributed by atoms with E-state index in [-0.39, 0.29) is 0 Å². The van der Waals surface area contributed by atoms with Gasteiger partial charge in [-0.1, -0.05) is 0 Å². The maximum atomic E-state index is 5.79. The fourth-order valence-corrected chi connectivity index (χ4v) is 1.81. The Morgan fingerprint density at radius 1 is 1.00 bits per heavy atom. The summed E-state index contributed by atoms with van der Waals surface area (Å²) in [6.45, 7) is 0. The zero-order valence-electron chi connectivity index (χ0n) is 5.10. The van der Waals surface area contributed by atoms with E-state index < -0.39 is 0 Å². The van der Waals surface area contributed by atoms with Crippen LogP contribution in [0.15, 0.2) is 12.1 Å². The molecule has 0 bridgehead atoms. The molecule has 0 spiro atoms. The van der Waals surface area contributed by atoms with Crippen LogP contribution in [0.1, 0.15) is 0 Å². The Morgan fingerprint density at radius 2 is 1.55 bits per heavy atom. The molecule has 1 aromatic rings. The molecule has 1 nitrogen and oxygen atoms in total. The van der Waals surface area contributed by atoms with Gasteiger partial charge in [0.15, 0.2) is 0 Å². The van der Waals surface area contributed by atoms with Crippen molar-refractivity contribution >= 4 is 40.5 Å². The molecule has 0 aliphatic carbocycles. The Balaban J connectivity index is 3.21. The van der Waals surface area contributed by atoms with Gasteiger partial charge in [-0.15, -0.1) is 0 Å². The molecule has 11 heavy (non-hydrogen) atoms. The topological polar surface area (TPSA) is 12.0 Å². The molecule has 1 rings (SSSR count). The van der Waals surface area contributed by atoms with Crippen molar-refractivity contribution < 1.29 is 20.1 Å². The first-order valence-electron chi connectivity index (χ1n) is 2.63. The summed E-state index contributed by atoms with van der Waals surface area (Å²) in [7, 11) is 0. The Hall–Kier alpha value is 0.578. The Bertz CT molecular complexity index is 277. The summed E-state index contributed by atoms with van der Waals surface area (Å²) in [5.74, 6) is 0. The molecule has 1 N–H and O–H groups in total. The summed E-state index contributed by atoms with van der Waals surface area (Å²) in [5.41, 5.74) is 0.766. The molecule has 0 aliphatic heterocycles. The molecule has 0 saturated carbocycles. The zero-order chi connectivity index (χ0) is 8.43. The number of anilines is 1. The molecule has 0 unspecified atom stereocenters. The predicted octanol–water partition coefficient (Wildman–Crippen LogP) is 3.52. The molecule has 0 fully saturated rings. The number of halogens is 3. The van der Waals surface area contributed by atoms with E-state index >= 15 is 0 Å². The van der Waals surface area contributed by atoms with Gasteiger partial charge in [0.1, 0.15) is 0 Å². The van der Waals surface area contributed by atoms with Crippen molar-refractivity contribution in [2.24, 2.45) is 0 Å². The fourth-order valence-electron chi connectivity index (χ4n) is 0.583. The predicted molar refractivity (Wildman–Crippen MR) is 45.1 cm³/mol. The van der Waals surface area contributed by atoms with Gasteiger partial charge < -0.3 is 0 Å². The second kappa shape index (κ2) is 4.00. The molecule has 0 aromatic heterocycles. The third-order valence-electron chi connectivity index (χ3n) is 1.10. The Morgan fingerprint density at radius 3 is 2.09 bits per heavy atom. The van der Waals surface area contributed by atoms with Crippen molar-refractivity contribution in [2.75, 3.05) is 3.88 Å². The van der Waals surface area contributed by atoms with Crippen molar-refractivity contribution in [3.05, 3.63) is 27.2 Å². The van der Waals surface area contributed by atoms with Crippen molar-refractivity contribution in [2.45, 2.75) is 0 Å². The second-order valence-corrected chi connectivity index (χ2v) is 3.61. The Labute approximate surface area is 91.2 Å². The second-order valence-electron chi connectivity index (χ2n) is 1.83. The Kier molecular flexibility index (Phi) is 3.51.